The molecule has 0 bridgehead atoms. The number of benzene rings is 2. The monoisotopic (exact) mass is 407 g/mol. The molecular formula is C24H29N3O3. The van der Waals surface area contributed by atoms with Crippen LogP contribution in [0.25, 0.3) is 11.1 Å². The van der Waals surface area contributed by atoms with Crippen molar-refractivity contribution in [1.82, 2.24) is 14.3 Å². The van der Waals surface area contributed by atoms with E-state index in [0.29, 0.717) is 12.1 Å². The summed E-state index contributed by atoms with van der Waals surface area (Å²) in [6.07, 6.45) is 0. The van der Waals surface area contributed by atoms with Gasteiger partial charge in [-0.15, -0.1) is 0 Å². The fourth-order valence-corrected chi connectivity index (χ4v) is 3.42. The summed E-state index contributed by atoms with van der Waals surface area (Å²) in [4.78, 5) is 24.6. The molecule has 0 radical (unpaired) electrons. The molecule has 1 aromatic heterocycles. The highest BCUT2D eigenvalue weighted by Crippen LogP contribution is 2.25. The first-order chi connectivity index (χ1) is 13.9. The van der Waals surface area contributed by atoms with E-state index in [0.717, 1.165) is 17.0 Å². The largest absolute Gasteiger partial charge is 0.478 e. The molecule has 2 aromatic carbocycles. The highest BCUT2D eigenvalue weighted by atomic mass is 16.4. The fraction of sp³-hybridized carbons (Fsp3) is 0.375. The van der Waals surface area contributed by atoms with Crippen LogP contribution >= 0.6 is 0 Å². The molecule has 1 heterocycles. The van der Waals surface area contributed by atoms with E-state index in [4.69, 9.17) is 0 Å². The zero-order valence-corrected chi connectivity index (χ0v) is 18.4. The van der Waals surface area contributed by atoms with Crippen LogP contribution in [0.3, 0.4) is 0 Å². The van der Waals surface area contributed by atoms with Gasteiger partial charge in [0.1, 0.15) is 5.82 Å². The van der Waals surface area contributed by atoms with Gasteiger partial charge in [-0.05, 0) is 43.5 Å². The Morgan fingerprint density at radius 2 is 1.57 bits per heavy atom. The van der Waals surface area contributed by atoms with Crippen LogP contribution in [0, 0.1) is 0 Å². The molecule has 30 heavy (non-hydrogen) atoms. The Balaban J connectivity index is 2.00. The van der Waals surface area contributed by atoms with Gasteiger partial charge < -0.3 is 5.11 Å². The maximum absolute atomic E-state index is 13.1. The third kappa shape index (κ3) is 4.22. The van der Waals surface area contributed by atoms with E-state index in [9.17, 15) is 14.7 Å². The number of hydrogen-bond acceptors (Lipinski definition) is 3. The van der Waals surface area contributed by atoms with Crippen LogP contribution in [0.5, 0.6) is 0 Å². The highest BCUT2D eigenvalue weighted by Gasteiger charge is 2.28. The van der Waals surface area contributed by atoms with Crippen LogP contribution in [0.15, 0.2) is 53.3 Å². The summed E-state index contributed by atoms with van der Waals surface area (Å²) in [6.45, 7) is 12.4. The van der Waals surface area contributed by atoms with Crippen molar-refractivity contribution < 1.29 is 9.90 Å². The zero-order chi connectivity index (χ0) is 22.3. The Bertz CT molecular complexity index is 1120. The summed E-state index contributed by atoms with van der Waals surface area (Å²) in [5.41, 5.74) is 1.89. The molecule has 0 spiro atoms. The van der Waals surface area contributed by atoms with Crippen molar-refractivity contribution in [3.8, 4) is 11.1 Å². The summed E-state index contributed by atoms with van der Waals surface area (Å²) >= 11 is 0. The predicted molar refractivity (Wildman–Crippen MR) is 118 cm³/mol. The molecular weight excluding hydrogens is 378 g/mol. The lowest BCUT2D eigenvalue weighted by atomic mass is 9.95. The number of carbonyl (C=O) groups is 1. The molecule has 0 aliphatic rings. The lowest BCUT2D eigenvalue weighted by Gasteiger charge is -2.19. The predicted octanol–water partition coefficient (Wildman–Crippen LogP) is 4.51. The molecule has 0 atom stereocenters. The van der Waals surface area contributed by atoms with E-state index in [1.807, 2.05) is 71.9 Å². The van der Waals surface area contributed by atoms with E-state index >= 15 is 0 Å². The topological polar surface area (TPSA) is 77.1 Å². The number of nitrogens with zero attached hydrogens (tertiary/aromatic N) is 3. The van der Waals surface area contributed by atoms with Gasteiger partial charge >= 0.3 is 11.7 Å². The van der Waals surface area contributed by atoms with Gasteiger partial charge in [0.2, 0.25) is 0 Å². The van der Waals surface area contributed by atoms with Crippen molar-refractivity contribution in [3.05, 3.63) is 76.0 Å². The average Bonchev–Trinajstić information content (AvgIpc) is 2.99. The van der Waals surface area contributed by atoms with Crippen molar-refractivity contribution in [1.29, 1.82) is 0 Å². The summed E-state index contributed by atoms with van der Waals surface area (Å²) in [5, 5.41) is 14.1. The number of hydrogen-bond donors (Lipinski definition) is 1. The lowest BCUT2D eigenvalue weighted by molar-refractivity contribution is 0.0697. The van der Waals surface area contributed by atoms with Gasteiger partial charge in [-0.3, -0.25) is 4.57 Å². The molecule has 3 rings (SSSR count). The van der Waals surface area contributed by atoms with E-state index in [1.54, 1.807) is 27.4 Å². The first-order valence-electron chi connectivity index (χ1n) is 10.0. The molecule has 6 heteroatoms. The Morgan fingerprint density at radius 3 is 2.10 bits per heavy atom. The Hall–Kier alpha value is -3.15. The molecule has 1 N–H and O–H groups in total. The first kappa shape index (κ1) is 21.6. The normalized spacial score (nSPS) is 12.2. The van der Waals surface area contributed by atoms with Crippen molar-refractivity contribution in [3.63, 3.8) is 0 Å². The molecule has 0 saturated carbocycles. The zero-order valence-electron chi connectivity index (χ0n) is 18.4. The Morgan fingerprint density at radius 1 is 0.967 bits per heavy atom. The molecule has 0 saturated heterocycles. The van der Waals surface area contributed by atoms with Crippen LogP contribution in [0.1, 0.15) is 63.3 Å². The van der Waals surface area contributed by atoms with E-state index in [-0.39, 0.29) is 16.7 Å². The fourth-order valence-electron chi connectivity index (χ4n) is 3.42. The van der Waals surface area contributed by atoms with E-state index in [2.05, 4.69) is 5.10 Å². The Labute approximate surface area is 176 Å². The number of aromatic carboxylic acids is 1. The summed E-state index contributed by atoms with van der Waals surface area (Å²) in [5.74, 6) is -0.214. The number of carboxylic acid groups (broad SMARTS) is 1. The van der Waals surface area contributed by atoms with Crippen molar-refractivity contribution >= 4 is 5.97 Å². The molecule has 3 aromatic rings. The minimum atomic E-state index is -0.953. The van der Waals surface area contributed by atoms with Crippen LogP contribution in [0.4, 0.5) is 0 Å². The second-order valence-corrected chi connectivity index (χ2v) is 9.57. The minimum absolute atomic E-state index is 0.132. The molecule has 0 aliphatic heterocycles. The van der Waals surface area contributed by atoms with Gasteiger partial charge in [0.15, 0.2) is 0 Å². The van der Waals surface area contributed by atoms with Gasteiger partial charge in [-0.1, -0.05) is 63.2 Å². The minimum Gasteiger partial charge on any atom is -0.478 e. The maximum Gasteiger partial charge on any atom is 0.346 e. The third-order valence-electron chi connectivity index (χ3n) is 4.93. The molecule has 6 nitrogen and oxygen atoms in total. The number of rotatable bonds is 4. The maximum atomic E-state index is 13.1. The highest BCUT2D eigenvalue weighted by molar-refractivity contribution is 5.95. The van der Waals surface area contributed by atoms with Gasteiger partial charge in [-0.2, -0.15) is 5.10 Å². The molecule has 0 aliphatic carbocycles. The van der Waals surface area contributed by atoms with Gasteiger partial charge in [0.25, 0.3) is 0 Å². The number of carboxylic acids is 1. The van der Waals surface area contributed by atoms with Crippen LogP contribution in [-0.4, -0.2) is 25.4 Å². The second-order valence-electron chi connectivity index (χ2n) is 9.57. The molecule has 0 amide bonds. The Kier molecular flexibility index (Phi) is 5.46. The van der Waals surface area contributed by atoms with Gasteiger partial charge in [0, 0.05) is 5.41 Å². The number of aromatic nitrogens is 3. The van der Waals surface area contributed by atoms with Crippen LogP contribution < -0.4 is 5.69 Å². The standard InChI is InChI=1S/C24H29N3O3/c1-23(2,3)21-25-27(24(4,5)6)22(30)26(21)15-16-11-13-17(14-12-16)18-9-7-8-10-19(18)20(28)29/h7-14H,15H2,1-6H3,(H,28,29). The van der Waals surface area contributed by atoms with Crippen molar-refractivity contribution in [2.75, 3.05) is 0 Å². The summed E-state index contributed by atoms with van der Waals surface area (Å²) < 4.78 is 3.27. The SMILES string of the molecule is CC(C)(C)c1nn(C(C)(C)C)c(=O)n1Cc1ccc(-c2ccccc2C(=O)O)cc1. The average molecular weight is 408 g/mol. The molecule has 0 fully saturated rings. The summed E-state index contributed by atoms with van der Waals surface area (Å²) in [6, 6.07) is 14.6. The lowest BCUT2D eigenvalue weighted by Crippen LogP contribution is -2.36. The van der Waals surface area contributed by atoms with Crippen LogP contribution in [0.2, 0.25) is 0 Å². The quantitative estimate of drug-likeness (QED) is 0.690. The van der Waals surface area contributed by atoms with E-state index in [1.165, 1.54) is 0 Å². The van der Waals surface area contributed by atoms with Crippen LogP contribution in [-0.2, 0) is 17.5 Å². The van der Waals surface area contributed by atoms with Crippen molar-refractivity contribution in [2.45, 2.75) is 59.0 Å². The third-order valence-corrected chi connectivity index (χ3v) is 4.93. The summed E-state index contributed by atoms with van der Waals surface area (Å²) in [7, 11) is 0. The van der Waals surface area contributed by atoms with E-state index < -0.39 is 11.5 Å². The van der Waals surface area contributed by atoms with Gasteiger partial charge in [-0.25, -0.2) is 14.3 Å². The second kappa shape index (κ2) is 7.59. The smallest absolute Gasteiger partial charge is 0.346 e. The molecule has 158 valence electrons. The first-order valence-corrected chi connectivity index (χ1v) is 10.0. The molecule has 0 unspecified atom stereocenters. The van der Waals surface area contributed by atoms with Gasteiger partial charge in [0.05, 0.1) is 17.6 Å². The van der Waals surface area contributed by atoms with Crippen molar-refractivity contribution in [2.24, 2.45) is 0 Å².